The summed E-state index contributed by atoms with van der Waals surface area (Å²) in [5.74, 6) is -0.162. The van der Waals surface area contributed by atoms with E-state index in [9.17, 15) is 13.2 Å². The van der Waals surface area contributed by atoms with Crippen molar-refractivity contribution in [1.29, 1.82) is 0 Å². The largest absolute Gasteiger partial charge is 0.491 e. The van der Waals surface area contributed by atoms with Crippen molar-refractivity contribution in [2.75, 3.05) is 17.0 Å². The highest BCUT2D eigenvalue weighted by atomic mass is 35.5. The number of sulfonamides is 1. The number of ether oxygens (including phenoxy) is 1. The molecule has 1 fully saturated rings. The normalized spacial score (nSPS) is 16.1. The summed E-state index contributed by atoms with van der Waals surface area (Å²) in [6.07, 6.45) is 5.56. The maximum Gasteiger partial charge on any atom is 0.241 e. The highest BCUT2D eigenvalue weighted by Crippen LogP contribution is 2.26. The van der Waals surface area contributed by atoms with Crippen LogP contribution in [-0.2, 0) is 14.8 Å². The van der Waals surface area contributed by atoms with E-state index >= 15 is 0 Å². The molecule has 1 saturated carbocycles. The number of nitrogens with two attached hydrogens (primary N) is 1. The Morgan fingerprint density at radius 3 is 2.32 bits per heavy atom. The Morgan fingerprint density at radius 2 is 1.79 bits per heavy atom. The third-order valence-corrected chi connectivity index (χ3v) is 5.83. The number of hydrogen-bond donors (Lipinski definition) is 3. The average molecular weight is 434 g/mol. The van der Waals surface area contributed by atoms with Gasteiger partial charge in [0.25, 0.3) is 0 Å². The molecule has 28 heavy (non-hydrogen) atoms. The van der Waals surface area contributed by atoms with Gasteiger partial charge in [0.05, 0.1) is 6.10 Å². The molecule has 1 aromatic carbocycles. The van der Waals surface area contributed by atoms with Crippen LogP contribution >= 0.6 is 12.4 Å². The highest BCUT2D eigenvalue weighted by Gasteiger charge is 2.26. The van der Waals surface area contributed by atoms with Crippen molar-refractivity contribution in [2.24, 2.45) is 11.7 Å². The summed E-state index contributed by atoms with van der Waals surface area (Å²) in [5, 5.41) is 2.81. The summed E-state index contributed by atoms with van der Waals surface area (Å²) in [6, 6.07) is 6.42. The van der Waals surface area contributed by atoms with Gasteiger partial charge in [0.1, 0.15) is 11.5 Å². The fourth-order valence-corrected chi connectivity index (χ4v) is 4.41. The number of nitrogens with one attached hydrogen (secondary N) is 2. The summed E-state index contributed by atoms with van der Waals surface area (Å²) in [5.41, 5.74) is 6.19. The minimum absolute atomic E-state index is 0. The maximum absolute atomic E-state index is 12.3. The zero-order valence-corrected chi connectivity index (χ0v) is 18.2. The van der Waals surface area contributed by atoms with Gasteiger partial charge in [-0.05, 0) is 56.9 Å². The molecule has 1 aliphatic carbocycles. The number of hydrogen-bond acceptors (Lipinski definition) is 5. The number of amides is 1. The lowest BCUT2D eigenvalue weighted by atomic mass is 9.84. The Balaban J connectivity index is 0.00000392. The van der Waals surface area contributed by atoms with Gasteiger partial charge < -0.3 is 15.8 Å². The van der Waals surface area contributed by atoms with Crippen molar-refractivity contribution in [3.8, 4) is 5.75 Å². The Hall–Kier alpha value is -1.51. The van der Waals surface area contributed by atoms with Crippen molar-refractivity contribution < 1.29 is 17.9 Å². The van der Waals surface area contributed by atoms with Crippen LogP contribution in [-0.4, -0.2) is 38.8 Å². The molecule has 0 aliphatic heterocycles. The second kappa shape index (κ2) is 11.5. The quantitative estimate of drug-likeness (QED) is 0.554. The standard InChI is InChI=1S/C19H31N3O4S.ClH/c1-14(2)26-17-10-8-16(9-11-17)22-27(24,25)13-19(23)21-18(12-20)15-6-4-3-5-7-15;/h8-11,14-15,18,22H,3-7,12-13,20H2,1-2H3,(H,21,23);1H. The topological polar surface area (TPSA) is 111 Å². The predicted molar refractivity (Wildman–Crippen MR) is 114 cm³/mol. The van der Waals surface area contributed by atoms with Crippen molar-refractivity contribution in [3.63, 3.8) is 0 Å². The summed E-state index contributed by atoms with van der Waals surface area (Å²) < 4.78 is 32.5. The van der Waals surface area contributed by atoms with Gasteiger partial charge in [-0.3, -0.25) is 9.52 Å². The second-order valence-corrected chi connectivity index (χ2v) is 9.08. The van der Waals surface area contributed by atoms with Crippen molar-refractivity contribution >= 4 is 34.0 Å². The monoisotopic (exact) mass is 433 g/mol. The number of anilines is 1. The molecule has 0 bridgehead atoms. The van der Waals surface area contributed by atoms with Crippen LogP contribution in [0, 0.1) is 5.92 Å². The van der Waals surface area contributed by atoms with Gasteiger partial charge in [-0.2, -0.15) is 0 Å². The molecule has 1 unspecified atom stereocenters. The minimum atomic E-state index is -3.80. The van der Waals surface area contributed by atoms with E-state index in [2.05, 4.69) is 10.0 Å². The number of halogens is 1. The van der Waals surface area contributed by atoms with Crippen LogP contribution in [0.1, 0.15) is 46.0 Å². The summed E-state index contributed by atoms with van der Waals surface area (Å²) in [4.78, 5) is 12.2. The number of benzene rings is 1. The molecule has 0 spiro atoms. The number of carbonyl (C=O) groups excluding carboxylic acids is 1. The van der Waals surface area contributed by atoms with Gasteiger partial charge in [0.2, 0.25) is 15.9 Å². The van der Waals surface area contributed by atoms with Crippen LogP contribution in [0.2, 0.25) is 0 Å². The van der Waals surface area contributed by atoms with Gasteiger partial charge in [-0.25, -0.2) is 8.42 Å². The fourth-order valence-electron chi connectivity index (χ4n) is 3.42. The van der Waals surface area contributed by atoms with Gasteiger partial charge in [0, 0.05) is 18.3 Å². The van der Waals surface area contributed by atoms with Crippen LogP contribution in [0.4, 0.5) is 5.69 Å². The van der Waals surface area contributed by atoms with E-state index < -0.39 is 21.7 Å². The third kappa shape index (κ3) is 8.24. The molecule has 0 aromatic heterocycles. The molecule has 9 heteroatoms. The number of rotatable bonds is 9. The molecule has 4 N–H and O–H groups in total. The zero-order valence-electron chi connectivity index (χ0n) is 16.5. The van der Waals surface area contributed by atoms with Crippen LogP contribution in [0.3, 0.4) is 0 Å². The molecule has 7 nitrogen and oxygen atoms in total. The van der Waals surface area contributed by atoms with Gasteiger partial charge in [-0.1, -0.05) is 19.3 Å². The van der Waals surface area contributed by atoms with Gasteiger partial charge >= 0.3 is 0 Å². The Labute approximate surface area is 174 Å². The average Bonchev–Trinajstić information content (AvgIpc) is 2.61. The fraction of sp³-hybridized carbons (Fsp3) is 0.632. The minimum Gasteiger partial charge on any atom is -0.491 e. The smallest absolute Gasteiger partial charge is 0.241 e. The van der Waals surface area contributed by atoms with Crippen molar-refractivity contribution in [3.05, 3.63) is 24.3 Å². The molecule has 0 saturated heterocycles. The lowest BCUT2D eigenvalue weighted by molar-refractivity contribution is -0.119. The van der Waals surface area contributed by atoms with Gasteiger partial charge in [-0.15, -0.1) is 12.4 Å². The zero-order chi connectivity index (χ0) is 19.9. The highest BCUT2D eigenvalue weighted by molar-refractivity contribution is 7.93. The van der Waals surface area contributed by atoms with E-state index in [-0.39, 0.29) is 24.6 Å². The summed E-state index contributed by atoms with van der Waals surface area (Å²) >= 11 is 0. The Bertz CT molecular complexity index is 704. The molecule has 0 heterocycles. The molecular formula is C19H32ClN3O4S. The Morgan fingerprint density at radius 1 is 1.18 bits per heavy atom. The lowest BCUT2D eigenvalue weighted by Gasteiger charge is -2.30. The SMILES string of the molecule is CC(C)Oc1ccc(NS(=O)(=O)CC(=O)NC(CN)C2CCCCC2)cc1.Cl. The first-order valence-electron chi connectivity index (χ1n) is 9.55. The van der Waals surface area contributed by atoms with Crippen LogP contribution in [0.5, 0.6) is 5.75 Å². The molecular weight excluding hydrogens is 402 g/mol. The molecule has 160 valence electrons. The number of carbonyl (C=O) groups is 1. The molecule has 1 atom stereocenters. The van der Waals surface area contributed by atoms with Crippen LogP contribution < -0.4 is 20.5 Å². The molecule has 2 rings (SSSR count). The van der Waals surface area contributed by atoms with E-state index in [0.29, 0.717) is 23.9 Å². The third-order valence-electron chi connectivity index (χ3n) is 4.64. The van der Waals surface area contributed by atoms with E-state index in [4.69, 9.17) is 10.5 Å². The lowest BCUT2D eigenvalue weighted by Crippen LogP contribution is -2.48. The first-order chi connectivity index (χ1) is 12.8. The van der Waals surface area contributed by atoms with Crippen molar-refractivity contribution in [1.82, 2.24) is 5.32 Å². The second-order valence-electron chi connectivity index (χ2n) is 7.36. The predicted octanol–water partition coefficient (Wildman–Crippen LogP) is 2.66. The van der Waals surface area contributed by atoms with E-state index in [1.165, 1.54) is 6.42 Å². The van der Waals surface area contributed by atoms with E-state index in [1.807, 2.05) is 13.8 Å². The van der Waals surface area contributed by atoms with Gasteiger partial charge in [0.15, 0.2) is 0 Å². The summed E-state index contributed by atoms with van der Waals surface area (Å²) in [6.45, 7) is 4.15. The Kier molecular flexibility index (Phi) is 10.1. The maximum atomic E-state index is 12.3. The first kappa shape index (κ1) is 24.5. The van der Waals surface area contributed by atoms with Crippen molar-refractivity contribution in [2.45, 2.75) is 58.1 Å². The summed E-state index contributed by atoms with van der Waals surface area (Å²) in [7, 11) is -3.80. The van der Waals surface area contributed by atoms with Crippen LogP contribution in [0.15, 0.2) is 24.3 Å². The van der Waals surface area contributed by atoms with E-state index in [1.54, 1.807) is 24.3 Å². The first-order valence-corrected chi connectivity index (χ1v) is 11.2. The molecule has 0 radical (unpaired) electrons. The van der Waals surface area contributed by atoms with Crippen LogP contribution in [0.25, 0.3) is 0 Å². The van der Waals surface area contributed by atoms with E-state index in [0.717, 1.165) is 25.7 Å². The molecule has 1 amide bonds. The molecule has 1 aromatic rings. The molecule has 1 aliphatic rings.